The molecule has 0 spiro atoms. The Labute approximate surface area is 135 Å². The van der Waals surface area contributed by atoms with Gasteiger partial charge in [-0.25, -0.2) is 5.43 Å². The number of anilines is 1. The molecule has 2 aromatic rings. The van der Waals surface area contributed by atoms with Crippen molar-refractivity contribution in [2.45, 2.75) is 19.8 Å². The predicted octanol–water partition coefficient (Wildman–Crippen LogP) is 2.86. The van der Waals surface area contributed by atoms with Gasteiger partial charge in [-0.1, -0.05) is 42.5 Å². The van der Waals surface area contributed by atoms with Crippen LogP contribution >= 0.6 is 0 Å². The van der Waals surface area contributed by atoms with Gasteiger partial charge in [0.2, 0.25) is 11.8 Å². The third-order valence-corrected chi connectivity index (χ3v) is 3.08. The highest BCUT2D eigenvalue weighted by atomic mass is 16.2. The van der Waals surface area contributed by atoms with Gasteiger partial charge in [-0.3, -0.25) is 9.59 Å². The Morgan fingerprint density at radius 3 is 2.48 bits per heavy atom. The van der Waals surface area contributed by atoms with E-state index in [1.165, 1.54) is 0 Å². The van der Waals surface area contributed by atoms with Crippen molar-refractivity contribution in [3.63, 3.8) is 0 Å². The Kier molecular flexibility index (Phi) is 6.06. The van der Waals surface area contributed by atoms with Crippen LogP contribution in [0.15, 0.2) is 59.7 Å². The SMILES string of the molecule is Cc1cccc(NC(=O)CCC(=O)NN=Cc2ccccc2)c1. The molecular formula is C18H19N3O2. The molecule has 0 aliphatic carbocycles. The number of nitrogens with one attached hydrogen (secondary N) is 2. The average Bonchev–Trinajstić information content (AvgIpc) is 2.54. The van der Waals surface area contributed by atoms with Crippen LogP contribution in [-0.4, -0.2) is 18.0 Å². The average molecular weight is 309 g/mol. The van der Waals surface area contributed by atoms with Crippen LogP contribution in [0.4, 0.5) is 5.69 Å². The molecule has 0 unspecified atom stereocenters. The van der Waals surface area contributed by atoms with E-state index < -0.39 is 0 Å². The summed E-state index contributed by atoms with van der Waals surface area (Å²) in [5, 5.41) is 6.62. The zero-order valence-corrected chi connectivity index (χ0v) is 13.0. The molecular weight excluding hydrogens is 290 g/mol. The van der Waals surface area contributed by atoms with Gasteiger partial charge in [-0.2, -0.15) is 5.10 Å². The fraction of sp³-hybridized carbons (Fsp3) is 0.167. The largest absolute Gasteiger partial charge is 0.326 e. The van der Waals surface area contributed by atoms with Crippen LogP contribution in [0.2, 0.25) is 0 Å². The third kappa shape index (κ3) is 6.13. The minimum absolute atomic E-state index is 0.0871. The van der Waals surface area contributed by atoms with Crippen LogP contribution < -0.4 is 10.7 Å². The summed E-state index contributed by atoms with van der Waals surface area (Å²) in [6.45, 7) is 1.95. The number of aryl methyl sites for hydroxylation is 1. The number of amides is 2. The lowest BCUT2D eigenvalue weighted by molar-refractivity contribution is -0.124. The first-order valence-electron chi connectivity index (χ1n) is 7.37. The molecule has 0 fully saturated rings. The van der Waals surface area contributed by atoms with Crippen LogP contribution in [0, 0.1) is 6.92 Å². The Morgan fingerprint density at radius 1 is 1.00 bits per heavy atom. The van der Waals surface area contributed by atoms with Crippen molar-refractivity contribution in [2.24, 2.45) is 5.10 Å². The van der Waals surface area contributed by atoms with Gasteiger partial charge < -0.3 is 5.32 Å². The van der Waals surface area contributed by atoms with E-state index in [4.69, 9.17) is 0 Å². The predicted molar refractivity (Wildman–Crippen MR) is 91.2 cm³/mol. The van der Waals surface area contributed by atoms with Crippen molar-refractivity contribution in [1.82, 2.24) is 5.43 Å². The van der Waals surface area contributed by atoms with E-state index in [0.717, 1.165) is 16.8 Å². The number of nitrogens with zero attached hydrogens (tertiary/aromatic N) is 1. The lowest BCUT2D eigenvalue weighted by Crippen LogP contribution is -2.20. The number of carbonyl (C=O) groups is 2. The molecule has 5 heteroatoms. The molecule has 0 aliphatic rings. The summed E-state index contributed by atoms with van der Waals surface area (Å²) >= 11 is 0. The first kappa shape index (κ1) is 16.4. The van der Waals surface area contributed by atoms with E-state index in [1.54, 1.807) is 6.21 Å². The van der Waals surface area contributed by atoms with Crippen LogP contribution in [-0.2, 0) is 9.59 Å². The molecule has 2 amide bonds. The van der Waals surface area contributed by atoms with E-state index >= 15 is 0 Å². The molecule has 0 aromatic heterocycles. The smallest absolute Gasteiger partial charge is 0.240 e. The monoisotopic (exact) mass is 309 g/mol. The standard InChI is InChI=1S/C18H19N3O2/c1-14-6-5-9-16(12-14)20-17(22)10-11-18(23)21-19-13-15-7-3-2-4-8-15/h2-9,12-13H,10-11H2,1H3,(H,20,22)(H,21,23). The van der Waals surface area contributed by atoms with Crippen molar-refractivity contribution >= 4 is 23.7 Å². The second-order valence-electron chi connectivity index (χ2n) is 5.12. The molecule has 0 radical (unpaired) electrons. The molecule has 0 bridgehead atoms. The number of hydrogen-bond acceptors (Lipinski definition) is 3. The van der Waals surface area contributed by atoms with Crippen LogP contribution in [0.25, 0.3) is 0 Å². The first-order valence-corrected chi connectivity index (χ1v) is 7.37. The third-order valence-electron chi connectivity index (χ3n) is 3.08. The molecule has 0 heterocycles. The van der Waals surface area contributed by atoms with E-state index in [1.807, 2.05) is 61.5 Å². The molecule has 2 rings (SSSR count). The maximum Gasteiger partial charge on any atom is 0.240 e. The highest BCUT2D eigenvalue weighted by Crippen LogP contribution is 2.10. The van der Waals surface area contributed by atoms with Gasteiger partial charge in [0.05, 0.1) is 6.21 Å². The van der Waals surface area contributed by atoms with E-state index in [-0.39, 0.29) is 24.7 Å². The van der Waals surface area contributed by atoms with E-state index in [9.17, 15) is 9.59 Å². The van der Waals surface area contributed by atoms with Gasteiger partial charge in [0.15, 0.2) is 0 Å². The lowest BCUT2D eigenvalue weighted by atomic mass is 10.2. The molecule has 2 aromatic carbocycles. The summed E-state index contributed by atoms with van der Waals surface area (Å²) in [6.07, 6.45) is 1.76. The van der Waals surface area contributed by atoms with Gasteiger partial charge in [0.25, 0.3) is 0 Å². The summed E-state index contributed by atoms with van der Waals surface area (Å²) in [4.78, 5) is 23.4. The zero-order chi connectivity index (χ0) is 16.5. The number of hydrazone groups is 1. The Bertz CT molecular complexity index is 696. The molecule has 0 saturated heterocycles. The van der Waals surface area contributed by atoms with Gasteiger partial charge in [0, 0.05) is 18.5 Å². The highest BCUT2D eigenvalue weighted by molar-refractivity contribution is 5.93. The summed E-state index contributed by atoms with van der Waals surface area (Å²) in [5.41, 5.74) is 5.10. The maximum absolute atomic E-state index is 11.8. The minimum atomic E-state index is -0.295. The fourth-order valence-corrected chi connectivity index (χ4v) is 1.95. The van der Waals surface area contributed by atoms with Crippen LogP contribution in [0.5, 0.6) is 0 Å². The molecule has 23 heavy (non-hydrogen) atoms. The maximum atomic E-state index is 11.8. The Morgan fingerprint density at radius 2 is 1.74 bits per heavy atom. The van der Waals surface area contributed by atoms with Gasteiger partial charge >= 0.3 is 0 Å². The number of rotatable bonds is 6. The first-order chi connectivity index (χ1) is 11.1. The van der Waals surface area contributed by atoms with E-state index in [2.05, 4.69) is 15.8 Å². The summed E-state index contributed by atoms with van der Waals surface area (Å²) in [5.74, 6) is -0.491. The molecule has 0 atom stereocenters. The minimum Gasteiger partial charge on any atom is -0.326 e. The summed E-state index contributed by atoms with van der Waals surface area (Å²) in [7, 11) is 0. The van der Waals surface area contributed by atoms with Crippen molar-refractivity contribution in [2.75, 3.05) is 5.32 Å². The van der Waals surface area contributed by atoms with Gasteiger partial charge in [-0.15, -0.1) is 0 Å². The fourth-order valence-electron chi connectivity index (χ4n) is 1.95. The molecule has 0 saturated carbocycles. The molecule has 2 N–H and O–H groups in total. The van der Waals surface area contributed by atoms with Crippen molar-refractivity contribution in [3.05, 3.63) is 65.7 Å². The second-order valence-corrected chi connectivity index (χ2v) is 5.12. The number of hydrogen-bond donors (Lipinski definition) is 2. The summed E-state index contributed by atoms with van der Waals surface area (Å²) in [6, 6.07) is 17.0. The molecule has 0 aliphatic heterocycles. The van der Waals surface area contributed by atoms with Crippen molar-refractivity contribution in [3.8, 4) is 0 Å². The second kappa shape index (κ2) is 8.48. The van der Waals surface area contributed by atoms with Gasteiger partial charge in [0.1, 0.15) is 0 Å². The Balaban J connectivity index is 1.71. The van der Waals surface area contributed by atoms with Crippen molar-refractivity contribution in [1.29, 1.82) is 0 Å². The van der Waals surface area contributed by atoms with E-state index in [0.29, 0.717) is 0 Å². The van der Waals surface area contributed by atoms with Crippen molar-refractivity contribution < 1.29 is 9.59 Å². The quantitative estimate of drug-likeness (QED) is 0.636. The number of carbonyl (C=O) groups excluding carboxylic acids is 2. The lowest BCUT2D eigenvalue weighted by Gasteiger charge is -2.05. The van der Waals surface area contributed by atoms with Crippen LogP contribution in [0.1, 0.15) is 24.0 Å². The topological polar surface area (TPSA) is 70.6 Å². The summed E-state index contributed by atoms with van der Waals surface area (Å²) < 4.78 is 0. The number of benzene rings is 2. The van der Waals surface area contributed by atoms with Gasteiger partial charge in [-0.05, 0) is 30.2 Å². The molecule has 5 nitrogen and oxygen atoms in total. The highest BCUT2D eigenvalue weighted by Gasteiger charge is 2.06. The Hall–Kier alpha value is -2.95. The normalized spacial score (nSPS) is 10.5. The zero-order valence-electron chi connectivity index (χ0n) is 13.0. The van der Waals surface area contributed by atoms with Crippen LogP contribution in [0.3, 0.4) is 0 Å². The molecule has 118 valence electrons.